The van der Waals surface area contributed by atoms with Crippen molar-refractivity contribution in [3.63, 3.8) is 0 Å². The summed E-state index contributed by atoms with van der Waals surface area (Å²) in [7, 11) is 0. The average Bonchev–Trinajstić information content (AvgIpc) is 1.87. The van der Waals surface area contributed by atoms with Crippen molar-refractivity contribution in [1.82, 2.24) is 0 Å². The van der Waals surface area contributed by atoms with E-state index >= 15 is 0 Å². The molecule has 0 aliphatic rings. The molecular weight excluding hydrogens is 136 g/mol. The molecule has 0 saturated carbocycles. The molecule has 3 heteroatoms. The lowest BCUT2D eigenvalue weighted by atomic mass is 10.2. The highest BCUT2D eigenvalue weighted by Crippen LogP contribution is 1.99. The van der Waals surface area contributed by atoms with E-state index in [-0.39, 0.29) is 11.9 Å². The summed E-state index contributed by atoms with van der Waals surface area (Å²) in [6.45, 7) is 4.05. The molecule has 0 aliphatic heterocycles. The fraction of sp³-hybridized carbons (Fsp3) is 0.833. The molecule has 0 bridgehead atoms. The van der Waals surface area contributed by atoms with Crippen molar-refractivity contribution in [1.29, 1.82) is 0 Å². The van der Waals surface area contributed by atoms with Gasteiger partial charge >= 0.3 is 5.97 Å². The van der Waals surface area contributed by atoms with Gasteiger partial charge in [-0.25, -0.2) is 0 Å². The topological polar surface area (TPSA) is 26.3 Å². The molecule has 1 unspecified atom stereocenters. The van der Waals surface area contributed by atoms with Gasteiger partial charge in [-0.1, -0.05) is 6.92 Å². The van der Waals surface area contributed by atoms with Gasteiger partial charge in [-0.05, 0) is 6.92 Å². The number of carbonyl (C=O) groups excluding carboxylic acids is 1. The van der Waals surface area contributed by atoms with Crippen LogP contribution in [0.1, 0.15) is 13.8 Å². The Morgan fingerprint density at radius 3 is 2.67 bits per heavy atom. The maximum absolute atomic E-state index is 10.7. The molecule has 0 aromatic heterocycles. The van der Waals surface area contributed by atoms with Crippen molar-refractivity contribution in [2.75, 3.05) is 12.4 Å². The Morgan fingerprint density at radius 1 is 1.78 bits per heavy atom. The van der Waals surface area contributed by atoms with Gasteiger partial charge in [0.15, 0.2) is 0 Å². The molecule has 0 spiro atoms. The van der Waals surface area contributed by atoms with E-state index in [1.54, 1.807) is 13.8 Å². The van der Waals surface area contributed by atoms with Gasteiger partial charge in [-0.3, -0.25) is 4.79 Å². The van der Waals surface area contributed by atoms with Crippen molar-refractivity contribution >= 4 is 18.6 Å². The third-order valence-corrected chi connectivity index (χ3v) is 1.51. The molecule has 54 valence electrons. The maximum atomic E-state index is 10.7. The second-order valence-corrected chi connectivity index (χ2v) is 2.20. The van der Waals surface area contributed by atoms with Gasteiger partial charge in [0.1, 0.15) is 0 Å². The zero-order valence-corrected chi connectivity index (χ0v) is 6.65. The van der Waals surface area contributed by atoms with E-state index in [0.717, 1.165) is 0 Å². The molecule has 0 amide bonds. The summed E-state index contributed by atoms with van der Waals surface area (Å²) in [5.41, 5.74) is 0. The summed E-state index contributed by atoms with van der Waals surface area (Å²) in [6, 6.07) is 0. The largest absolute Gasteiger partial charge is 0.466 e. The first-order valence-corrected chi connectivity index (χ1v) is 3.63. The van der Waals surface area contributed by atoms with Gasteiger partial charge in [0.2, 0.25) is 0 Å². The van der Waals surface area contributed by atoms with E-state index in [1.165, 1.54) is 0 Å². The molecule has 9 heavy (non-hydrogen) atoms. The SMILES string of the molecule is CCOC(=O)C(C)CS. The monoisotopic (exact) mass is 148 g/mol. The first kappa shape index (κ1) is 8.82. The van der Waals surface area contributed by atoms with Crippen LogP contribution in [-0.4, -0.2) is 18.3 Å². The third kappa shape index (κ3) is 3.40. The van der Waals surface area contributed by atoms with E-state index in [2.05, 4.69) is 12.6 Å². The van der Waals surface area contributed by atoms with Gasteiger partial charge in [0, 0.05) is 5.75 Å². The molecule has 0 N–H and O–H groups in total. The highest BCUT2D eigenvalue weighted by atomic mass is 32.1. The Kier molecular flexibility index (Phi) is 4.58. The lowest BCUT2D eigenvalue weighted by Crippen LogP contribution is -2.15. The molecule has 0 rings (SSSR count). The summed E-state index contributed by atoms with van der Waals surface area (Å²) >= 11 is 3.95. The molecular formula is C6H12O2S. The molecule has 2 nitrogen and oxygen atoms in total. The Bertz CT molecular complexity index is 93.1. The van der Waals surface area contributed by atoms with Crippen molar-refractivity contribution in [3.8, 4) is 0 Å². The third-order valence-electron chi connectivity index (χ3n) is 0.963. The van der Waals surface area contributed by atoms with Gasteiger partial charge in [0.25, 0.3) is 0 Å². The van der Waals surface area contributed by atoms with Crippen molar-refractivity contribution < 1.29 is 9.53 Å². The van der Waals surface area contributed by atoms with Crippen LogP contribution >= 0.6 is 12.6 Å². The second kappa shape index (κ2) is 4.68. The van der Waals surface area contributed by atoms with Crippen molar-refractivity contribution in [2.24, 2.45) is 5.92 Å². The highest BCUT2D eigenvalue weighted by Gasteiger charge is 2.10. The van der Waals surface area contributed by atoms with Crippen LogP contribution in [0.4, 0.5) is 0 Å². The van der Waals surface area contributed by atoms with Crippen molar-refractivity contribution in [3.05, 3.63) is 0 Å². The average molecular weight is 148 g/mol. The van der Waals surface area contributed by atoms with Gasteiger partial charge < -0.3 is 4.74 Å². The molecule has 0 saturated heterocycles. The number of rotatable bonds is 3. The Labute approximate surface area is 61.0 Å². The van der Waals surface area contributed by atoms with E-state index in [4.69, 9.17) is 4.74 Å². The number of ether oxygens (including phenoxy) is 1. The smallest absolute Gasteiger partial charge is 0.309 e. The number of thiol groups is 1. The van der Waals surface area contributed by atoms with Crippen LogP contribution in [0.25, 0.3) is 0 Å². The van der Waals surface area contributed by atoms with Gasteiger partial charge in [-0.15, -0.1) is 0 Å². The highest BCUT2D eigenvalue weighted by molar-refractivity contribution is 7.80. The first-order valence-electron chi connectivity index (χ1n) is 2.99. The lowest BCUT2D eigenvalue weighted by molar-refractivity contribution is -0.146. The van der Waals surface area contributed by atoms with Crippen LogP contribution in [0.2, 0.25) is 0 Å². The normalized spacial score (nSPS) is 12.8. The van der Waals surface area contributed by atoms with E-state index in [0.29, 0.717) is 12.4 Å². The number of esters is 1. The van der Waals surface area contributed by atoms with E-state index in [9.17, 15) is 4.79 Å². The molecule has 0 fully saturated rings. The fourth-order valence-electron chi connectivity index (χ4n) is 0.359. The van der Waals surface area contributed by atoms with Crippen LogP contribution in [0.3, 0.4) is 0 Å². The summed E-state index contributed by atoms with van der Waals surface area (Å²) in [5, 5.41) is 0. The first-order chi connectivity index (χ1) is 4.22. The minimum absolute atomic E-state index is 0.0757. The number of carbonyl (C=O) groups is 1. The number of hydrogen-bond acceptors (Lipinski definition) is 3. The lowest BCUT2D eigenvalue weighted by Gasteiger charge is -2.05. The maximum Gasteiger partial charge on any atom is 0.309 e. The predicted octanol–water partition coefficient (Wildman–Crippen LogP) is 1.12. The van der Waals surface area contributed by atoms with Crippen LogP contribution in [0.15, 0.2) is 0 Å². The molecule has 0 radical (unpaired) electrons. The van der Waals surface area contributed by atoms with Gasteiger partial charge in [0.05, 0.1) is 12.5 Å². The Morgan fingerprint density at radius 2 is 2.33 bits per heavy atom. The Hall–Kier alpha value is -0.180. The zero-order chi connectivity index (χ0) is 7.28. The number of hydrogen-bond donors (Lipinski definition) is 1. The van der Waals surface area contributed by atoms with E-state index in [1.807, 2.05) is 0 Å². The summed E-state index contributed by atoms with van der Waals surface area (Å²) in [6.07, 6.45) is 0. The molecule has 0 aromatic rings. The standard InChI is InChI=1S/C6H12O2S/c1-3-8-6(7)5(2)4-9/h5,9H,3-4H2,1-2H3. The minimum atomic E-state index is -0.160. The molecule has 0 aliphatic carbocycles. The predicted molar refractivity (Wildman–Crippen MR) is 39.7 cm³/mol. The molecule has 0 aromatic carbocycles. The summed E-state index contributed by atoms with van der Waals surface area (Å²) in [5.74, 6) is 0.319. The zero-order valence-electron chi connectivity index (χ0n) is 5.76. The van der Waals surface area contributed by atoms with Crippen molar-refractivity contribution in [2.45, 2.75) is 13.8 Å². The minimum Gasteiger partial charge on any atom is -0.466 e. The summed E-state index contributed by atoms with van der Waals surface area (Å²) in [4.78, 5) is 10.7. The Balaban J connectivity index is 3.46. The van der Waals surface area contributed by atoms with E-state index < -0.39 is 0 Å². The van der Waals surface area contributed by atoms with Gasteiger partial charge in [-0.2, -0.15) is 12.6 Å². The van der Waals surface area contributed by atoms with Crippen LogP contribution in [-0.2, 0) is 9.53 Å². The van der Waals surface area contributed by atoms with Crippen LogP contribution < -0.4 is 0 Å². The van der Waals surface area contributed by atoms with Crippen LogP contribution in [0.5, 0.6) is 0 Å². The molecule has 1 atom stereocenters. The fourth-order valence-corrected chi connectivity index (χ4v) is 0.508. The summed E-state index contributed by atoms with van der Waals surface area (Å²) < 4.78 is 4.71. The molecule has 0 heterocycles. The second-order valence-electron chi connectivity index (χ2n) is 1.84. The quantitative estimate of drug-likeness (QED) is 0.479. The van der Waals surface area contributed by atoms with Crippen LogP contribution in [0, 0.1) is 5.92 Å².